The van der Waals surface area contributed by atoms with Crippen molar-refractivity contribution < 1.29 is 14.8 Å². The summed E-state index contributed by atoms with van der Waals surface area (Å²) in [5, 5.41) is 23.6. The van der Waals surface area contributed by atoms with E-state index in [2.05, 4.69) is 10.3 Å². The third-order valence-electron chi connectivity index (χ3n) is 3.21. The molecular formula is C15H17N3O4. The highest BCUT2D eigenvalue weighted by molar-refractivity contribution is 5.57. The van der Waals surface area contributed by atoms with E-state index in [9.17, 15) is 15.2 Å². The van der Waals surface area contributed by atoms with Gasteiger partial charge in [-0.2, -0.15) is 0 Å². The van der Waals surface area contributed by atoms with Crippen LogP contribution in [0.4, 0.5) is 11.5 Å². The Morgan fingerprint density at radius 3 is 2.64 bits per heavy atom. The summed E-state index contributed by atoms with van der Waals surface area (Å²) in [7, 11) is 1.57. The van der Waals surface area contributed by atoms with E-state index in [1.165, 1.54) is 12.3 Å². The molecule has 0 bridgehead atoms. The van der Waals surface area contributed by atoms with Gasteiger partial charge in [-0.05, 0) is 30.2 Å². The number of benzene rings is 1. The monoisotopic (exact) mass is 303 g/mol. The second kappa shape index (κ2) is 6.86. The number of pyridine rings is 1. The molecule has 0 spiro atoms. The molecule has 0 radical (unpaired) electrons. The Labute approximate surface area is 127 Å². The highest BCUT2D eigenvalue weighted by atomic mass is 16.6. The molecule has 1 aromatic heterocycles. The van der Waals surface area contributed by atoms with E-state index in [1.54, 1.807) is 38.3 Å². The summed E-state index contributed by atoms with van der Waals surface area (Å²) in [4.78, 5) is 14.7. The Kier molecular flexibility index (Phi) is 4.90. The Hall–Kier alpha value is -2.67. The largest absolute Gasteiger partial charge is 0.497 e. The number of aliphatic hydroxyl groups is 1. The first-order valence-corrected chi connectivity index (χ1v) is 6.67. The van der Waals surface area contributed by atoms with Crippen molar-refractivity contribution in [3.8, 4) is 5.75 Å². The third kappa shape index (κ3) is 3.50. The van der Waals surface area contributed by atoms with E-state index in [-0.39, 0.29) is 18.1 Å². The molecule has 0 saturated carbocycles. The molecule has 7 heteroatoms. The zero-order valence-corrected chi connectivity index (χ0v) is 12.3. The summed E-state index contributed by atoms with van der Waals surface area (Å²) in [6.07, 6.45) is 1.54. The van der Waals surface area contributed by atoms with E-state index in [4.69, 9.17) is 4.74 Å². The summed E-state index contributed by atoms with van der Waals surface area (Å²) in [6.45, 7) is 1.51. The summed E-state index contributed by atoms with van der Waals surface area (Å²) in [6, 6.07) is 8.03. The molecule has 1 heterocycles. The number of nitrogens with one attached hydrogen (secondary N) is 1. The minimum Gasteiger partial charge on any atom is -0.497 e. The molecule has 1 aromatic carbocycles. The van der Waals surface area contributed by atoms with Crippen molar-refractivity contribution in [2.75, 3.05) is 19.0 Å². The fourth-order valence-corrected chi connectivity index (χ4v) is 2.04. The molecule has 7 nitrogen and oxygen atoms in total. The lowest BCUT2D eigenvalue weighted by Crippen LogP contribution is -2.16. The number of aryl methyl sites for hydroxylation is 1. The van der Waals surface area contributed by atoms with Gasteiger partial charge in [0, 0.05) is 12.3 Å². The average molecular weight is 303 g/mol. The first kappa shape index (κ1) is 15.7. The van der Waals surface area contributed by atoms with Crippen LogP contribution in [0.3, 0.4) is 0 Å². The van der Waals surface area contributed by atoms with Gasteiger partial charge in [0.1, 0.15) is 5.75 Å². The van der Waals surface area contributed by atoms with Crippen LogP contribution in [0, 0.1) is 17.0 Å². The first-order valence-electron chi connectivity index (χ1n) is 6.67. The molecule has 2 N–H and O–H groups in total. The first-order chi connectivity index (χ1) is 10.5. The smallest absolute Gasteiger partial charge is 0.311 e. The number of methoxy groups -OCH3 is 1. The molecule has 2 rings (SSSR count). The zero-order valence-electron chi connectivity index (χ0n) is 12.3. The van der Waals surface area contributed by atoms with Gasteiger partial charge in [0.2, 0.25) is 5.82 Å². The Balaban J connectivity index is 2.28. The van der Waals surface area contributed by atoms with Crippen molar-refractivity contribution in [1.29, 1.82) is 0 Å². The predicted molar refractivity (Wildman–Crippen MR) is 82.1 cm³/mol. The van der Waals surface area contributed by atoms with Crippen molar-refractivity contribution in [3.05, 3.63) is 57.8 Å². The number of anilines is 1. The Morgan fingerprint density at radius 2 is 2.09 bits per heavy atom. The van der Waals surface area contributed by atoms with Gasteiger partial charge in [0.15, 0.2) is 0 Å². The van der Waals surface area contributed by atoms with Crippen LogP contribution in [0.25, 0.3) is 0 Å². The molecular weight excluding hydrogens is 286 g/mol. The van der Waals surface area contributed by atoms with Crippen LogP contribution >= 0.6 is 0 Å². The maximum absolute atomic E-state index is 11.1. The van der Waals surface area contributed by atoms with Gasteiger partial charge in [-0.3, -0.25) is 10.1 Å². The lowest BCUT2D eigenvalue weighted by atomic mass is 10.1. The number of aliphatic hydroxyl groups excluding tert-OH is 1. The second-order valence-corrected chi connectivity index (χ2v) is 4.79. The second-order valence-electron chi connectivity index (χ2n) is 4.79. The predicted octanol–water partition coefficient (Wildman–Crippen LogP) is 2.45. The van der Waals surface area contributed by atoms with E-state index < -0.39 is 11.0 Å². The number of nitrogens with zero attached hydrogens (tertiary/aromatic N) is 2. The van der Waals surface area contributed by atoms with Gasteiger partial charge in [0.05, 0.1) is 24.7 Å². The zero-order chi connectivity index (χ0) is 16.1. The van der Waals surface area contributed by atoms with Crippen LogP contribution in [0.1, 0.15) is 17.2 Å². The molecule has 0 unspecified atom stereocenters. The summed E-state index contributed by atoms with van der Waals surface area (Å²) in [5.74, 6) is 0.824. The Morgan fingerprint density at radius 1 is 1.41 bits per heavy atom. The normalized spacial score (nSPS) is 11.8. The molecule has 0 saturated heterocycles. The van der Waals surface area contributed by atoms with E-state index in [0.29, 0.717) is 11.3 Å². The molecule has 2 aromatic rings. The number of hydrogen-bond acceptors (Lipinski definition) is 6. The maximum atomic E-state index is 11.1. The SMILES string of the molecule is COc1ccc([C@H](CO)Nc2ncc(C)cc2[N+](=O)[O-])cc1. The molecule has 0 fully saturated rings. The van der Waals surface area contributed by atoms with Crippen LogP contribution in [0.15, 0.2) is 36.5 Å². The number of nitro groups is 1. The molecule has 0 aliphatic heterocycles. The number of rotatable bonds is 6. The topological polar surface area (TPSA) is 97.5 Å². The fourth-order valence-electron chi connectivity index (χ4n) is 2.04. The Bertz CT molecular complexity index is 658. The molecule has 0 amide bonds. The number of aromatic nitrogens is 1. The summed E-state index contributed by atoms with van der Waals surface area (Å²) >= 11 is 0. The minimum absolute atomic E-state index is 0.119. The van der Waals surface area contributed by atoms with E-state index >= 15 is 0 Å². The standard InChI is InChI=1S/C15H17N3O4/c1-10-7-14(18(20)21)15(16-8-10)17-13(9-19)11-3-5-12(22-2)6-4-11/h3-8,13,19H,9H2,1-2H3,(H,16,17)/t13-/m0/s1. The van der Waals surface area contributed by atoms with Crippen molar-refractivity contribution in [3.63, 3.8) is 0 Å². The quantitative estimate of drug-likeness (QED) is 0.628. The summed E-state index contributed by atoms with van der Waals surface area (Å²) in [5.41, 5.74) is 1.36. The molecule has 116 valence electrons. The van der Waals surface area contributed by atoms with E-state index in [0.717, 1.165) is 5.56 Å². The molecule has 0 aliphatic rings. The van der Waals surface area contributed by atoms with Gasteiger partial charge in [-0.1, -0.05) is 12.1 Å². The van der Waals surface area contributed by atoms with Gasteiger partial charge < -0.3 is 15.2 Å². The van der Waals surface area contributed by atoms with Gasteiger partial charge in [-0.25, -0.2) is 4.98 Å². The number of ether oxygens (including phenoxy) is 1. The lowest BCUT2D eigenvalue weighted by Gasteiger charge is -2.17. The van der Waals surface area contributed by atoms with Gasteiger partial charge in [0.25, 0.3) is 0 Å². The van der Waals surface area contributed by atoms with Crippen molar-refractivity contribution in [2.45, 2.75) is 13.0 Å². The van der Waals surface area contributed by atoms with Crippen molar-refractivity contribution >= 4 is 11.5 Å². The highest BCUT2D eigenvalue weighted by Crippen LogP contribution is 2.27. The van der Waals surface area contributed by atoms with Crippen LogP contribution < -0.4 is 10.1 Å². The van der Waals surface area contributed by atoms with Crippen molar-refractivity contribution in [1.82, 2.24) is 4.98 Å². The van der Waals surface area contributed by atoms with Gasteiger partial charge in [-0.15, -0.1) is 0 Å². The fraction of sp³-hybridized carbons (Fsp3) is 0.267. The summed E-state index contributed by atoms with van der Waals surface area (Å²) < 4.78 is 5.08. The minimum atomic E-state index is -0.500. The van der Waals surface area contributed by atoms with Crippen LogP contribution in [0.5, 0.6) is 5.75 Å². The molecule has 0 aliphatic carbocycles. The maximum Gasteiger partial charge on any atom is 0.311 e. The van der Waals surface area contributed by atoms with Crippen LogP contribution in [-0.4, -0.2) is 28.7 Å². The van der Waals surface area contributed by atoms with Crippen LogP contribution in [0.2, 0.25) is 0 Å². The van der Waals surface area contributed by atoms with Crippen LogP contribution in [-0.2, 0) is 0 Å². The number of hydrogen-bond donors (Lipinski definition) is 2. The highest BCUT2D eigenvalue weighted by Gasteiger charge is 2.19. The van der Waals surface area contributed by atoms with Gasteiger partial charge >= 0.3 is 5.69 Å². The van der Waals surface area contributed by atoms with E-state index in [1.807, 2.05) is 0 Å². The average Bonchev–Trinajstić information content (AvgIpc) is 2.53. The third-order valence-corrected chi connectivity index (χ3v) is 3.21. The lowest BCUT2D eigenvalue weighted by molar-refractivity contribution is -0.384. The molecule has 22 heavy (non-hydrogen) atoms. The molecule has 1 atom stereocenters. The van der Waals surface area contributed by atoms with Crippen molar-refractivity contribution in [2.24, 2.45) is 0 Å².